The normalized spacial score (nSPS) is 12.3. The van der Waals surface area contributed by atoms with Crippen LogP contribution in [0, 0.1) is 11.8 Å². The summed E-state index contributed by atoms with van der Waals surface area (Å²) >= 11 is 0. The van der Waals surface area contributed by atoms with Crippen molar-refractivity contribution in [1.82, 2.24) is 0 Å². The second-order valence-corrected chi connectivity index (χ2v) is 13.8. The first kappa shape index (κ1) is 45.1. The van der Waals surface area contributed by atoms with Gasteiger partial charge in [-0.3, -0.25) is 9.59 Å². The van der Waals surface area contributed by atoms with Gasteiger partial charge in [0, 0.05) is 12.8 Å². The van der Waals surface area contributed by atoms with Crippen molar-refractivity contribution in [3.8, 4) is 0 Å². The third kappa shape index (κ3) is 21.3. The molecule has 0 spiro atoms. The Labute approximate surface area is 304 Å². The molecule has 0 aromatic heterocycles. The number of unbranched alkanes of at least 4 members (excludes halogenated alkanes) is 9. The molecule has 50 heavy (non-hydrogen) atoms. The average molecular weight is 703 g/mol. The first-order valence-corrected chi connectivity index (χ1v) is 20.1. The number of aryl methyl sites for hydroxylation is 1. The third-order valence-electron chi connectivity index (χ3n) is 9.41. The number of hydrogen-bond acceptors (Lipinski definition) is 8. The Bertz CT molecular complexity index is 1070. The van der Waals surface area contributed by atoms with Gasteiger partial charge in [-0.1, -0.05) is 111 Å². The Kier molecular flexibility index (Phi) is 26.9. The van der Waals surface area contributed by atoms with E-state index in [2.05, 4.69) is 34.6 Å². The fraction of sp³-hybridized carbons (Fsp3) is 0.762. The smallest absolute Gasteiger partial charge is 0.339 e. The number of carbonyl (C=O) groups is 4. The van der Waals surface area contributed by atoms with Crippen LogP contribution in [0.4, 0.5) is 0 Å². The van der Waals surface area contributed by atoms with Crippen molar-refractivity contribution < 1.29 is 38.1 Å². The van der Waals surface area contributed by atoms with Gasteiger partial charge < -0.3 is 18.9 Å². The molecule has 8 heteroatoms. The third-order valence-corrected chi connectivity index (χ3v) is 9.41. The van der Waals surface area contributed by atoms with Crippen LogP contribution in [0.25, 0.3) is 0 Å². The number of esters is 4. The van der Waals surface area contributed by atoms with Crippen LogP contribution < -0.4 is 0 Å². The van der Waals surface area contributed by atoms with Crippen LogP contribution in [0.3, 0.4) is 0 Å². The van der Waals surface area contributed by atoms with Gasteiger partial charge >= 0.3 is 23.9 Å². The van der Waals surface area contributed by atoms with E-state index in [1.165, 1.54) is 0 Å². The molecule has 8 nitrogen and oxygen atoms in total. The number of carbonyl (C=O) groups excluding carboxylic acids is 4. The van der Waals surface area contributed by atoms with Gasteiger partial charge in [-0.25, -0.2) is 9.59 Å². The van der Waals surface area contributed by atoms with E-state index < -0.39 is 11.9 Å². The molecule has 0 N–H and O–H groups in total. The Hall–Kier alpha value is -2.90. The van der Waals surface area contributed by atoms with Crippen molar-refractivity contribution in [3.05, 3.63) is 34.9 Å². The van der Waals surface area contributed by atoms with E-state index in [1.54, 1.807) is 12.1 Å². The van der Waals surface area contributed by atoms with Crippen LogP contribution in [-0.4, -0.2) is 50.3 Å². The van der Waals surface area contributed by atoms with E-state index in [4.69, 9.17) is 18.9 Å². The Balaban J connectivity index is 2.53. The summed E-state index contributed by atoms with van der Waals surface area (Å²) in [5.41, 5.74) is 1.44. The second kappa shape index (κ2) is 29.8. The summed E-state index contributed by atoms with van der Waals surface area (Å²) in [7, 11) is 0. The Morgan fingerprint density at radius 1 is 0.520 bits per heavy atom. The summed E-state index contributed by atoms with van der Waals surface area (Å²) in [5, 5.41) is 0. The maximum atomic E-state index is 13.3. The maximum Gasteiger partial charge on any atom is 0.339 e. The number of rotatable bonds is 31. The molecule has 0 aliphatic heterocycles. The quantitative estimate of drug-likeness (QED) is 0.0428. The van der Waals surface area contributed by atoms with E-state index >= 15 is 0 Å². The summed E-state index contributed by atoms with van der Waals surface area (Å²) < 4.78 is 22.1. The van der Waals surface area contributed by atoms with Crippen molar-refractivity contribution in [2.24, 2.45) is 11.8 Å². The van der Waals surface area contributed by atoms with Gasteiger partial charge in [-0.05, 0) is 80.9 Å². The SMILES string of the molecule is CCCCOC(=O)CCCCCCCCC(=O)OCCCCc1ccc(C(=O)OCC(CC)CCCC)c(C(=O)OCC(CC)CCCC)c1. The highest BCUT2D eigenvalue weighted by molar-refractivity contribution is 6.03. The monoisotopic (exact) mass is 703 g/mol. The van der Waals surface area contributed by atoms with Gasteiger partial charge in [0.2, 0.25) is 0 Å². The molecular formula is C42H70O8. The van der Waals surface area contributed by atoms with Crippen LogP contribution in [0.2, 0.25) is 0 Å². The van der Waals surface area contributed by atoms with Gasteiger partial charge in [-0.15, -0.1) is 0 Å². The first-order chi connectivity index (χ1) is 24.3. The van der Waals surface area contributed by atoms with Gasteiger partial charge in [0.15, 0.2) is 0 Å². The Morgan fingerprint density at radius 2 is 1.00 bits per heavy atom. The standard InChI is InChI=1S/C42H70O8/c1-6-11-22-34(9-4)32-49-41(45)37-28-27-36(31-38(37)42(46)50-33-35(10-5)23-12-7-2)24-20-21-30-48-40(44)26-19-17-15-14-16-18-25-39(43)47-29-13-8-3/h27-28,31,34-35H,6-26,29-30,32-33H2,1-5H3. The number of benzene rings is 1. The lowest BCUT2D eigenvalue weighted by molar-refractivity contribution is -0.144. The minimum atomic E-state index is -0.483. The summed E-state index contributed by atoms with van der Waals surface area (Å²) in [6.07, 6.45) is 19.0. The summed E-state index contributed by atoms with van der Waals surface area (Å²) in [4.78, 5) is 50.4. The van der Waals surface area contributed by atoms with E-state index in [0.29, 0.717) is 63.9 Å². The van der Waals surface area contributed by atoms with Crippen LogP contribution in [0.5, 0.6) is 0 Å². The zero-order valence-electron chi connectivity index (χ0n) is 32.3. The molecule has 0 saturated carbocycles. The lowest BCUT2D eigenvalue weighted by Gasteiger charge is -2.17. The summed E-state index contributed by atoms with van der Waals surface area (Å²) in [5.74, 6) is -0.629. The zero-order chi connectivity index (χ0) is 36.8. The molecule has 0 aliphatic carbocycles. The molecule has 286 valence electrons. The van der Waals surface area contributed by atoms with Crippen LogP contribution in [0.15, 0.2) is 18.2 Å². The fourth-order valence-corrected chi connectivity index (χ4v) is 5.77. The predicted molar refractivity (Wildman–Crippen MR) is 200 cm³/mol. The molecule has 0 bridgehead atoms. The topological polar surface area (TPSA) is 105 Å². The largest absolute Gasteiger partial charge is 0.466 e. The number of ether oxygens (including phenoxy) is 4. The molecule has 0 fully saturated rings. The second-order valence-electron chi connectivity index (χ2n) is 13.8. The highest BCUT2D eigenvalue weighted by Gasteiger charge is 2.22. The zero-order valence-corrected chi connectivity index (χ0v) is 32.3. The highest BCUT2D eigenvalue weighted by atomic mass is 16.5. The van der Waals surface area contributed by atoms with Gasteiger partial charge in [-0.2, -0.15) is 0 Å². The molecule has 0 amide bonds. The lowest BCUT2D eigenvalue weighted by atomic mass is 9.99. The van der Waals surface area contributed by atoms with E-state index in [-0.39, 0.29) is 23.1 Å². The van der Waals surface area contributed by atoms with E-state index in [0.717, 1.165) is 115 Å². The summed E-state index contributed by atoms with van der Waals surface area (Å²) in [6, 6.07) is 5.34. The summed E-state index contributed by atoms with van der Waals surface area (Å²) in [6.45, 7) is 12.2. The molecular weight excluding hydrogens is 632 g/mol. The van der Waals surface area contributed by atoms with Gasteiger partial charge in [0.25, 0.3) is 0 Å². The minimum Gasteiger partial charge on any atom is -0.466 e. The highest BCUT2D eigenvalue weighted by Crippen LogP contribution is 2.21. The van der Waals surface area contributed by atoms with Gasteiger partial charge in [0.05, 0.1) is 37.6 Å². The van der Waals surface area contributed by atoms with Crippen molar-refractivity contribution in [1.29, 1.82) is 0 Å². The molecule has 2 unspecified atom stereocenters. The molecule has 1 aromatic rings. The van der Waals surface area contributed by atoms with Crippen LogP contribution >= 0.6 is 0 Å². The fourth-order valence-electron chi connectivity index (χ4n) is 5.77. The average Bonchev–Trinajstić information content (AvgIpc) is 3.12. The van der Waals surface area contributed by atoms with Crippen molar-refractivity contribution in [3.63, 3.8) is 0 Å². The molecule has 0 heterocycles. The van der Waals surface area contributed by atoms with Gasteiger partial charge in [0.1, 0.15) is 0 Å². The first-order valence-electron chi connectivity index (χ1n) is 20.1. The predicted octanol–water partition coefficient (Wildman–Crippen LogP) is 10.8. The maximum absolute atomic E-state index is 13.3. The lowest BCUT2D eigenvalue weighted by Crippen LogP contribution is -2.19. The molecule has 0 saturated heterocycles. The molecule has 1 rings (SSSR count). The molecule has 0 radical (unpaired) electrons. The minimum absolute atomic E-state index is 0.0994. The van der Waals surface area contributed by atoms with Crippen LogP contribution in [0.1, 0.15) is 189 Å². The Morgan fingerprint density at radius 3 is 1.50 bits per heavy atom. The van der Waals surface area contributed by atoms with E-state index in [1.807, 2.05) is 6.07 Å². The molecule has 1 aromatic carbocycles. The van der Waals surface area contributed by atoms with Crippen molar-refractivity contribution in [2.75, 3.05) is 26.4 Å². The molecule has 2 atom stereocenters. The van der Waals surface area contributed by atoms with Crippen LogP contribution in [-0.2, 0) is 35.0 Å². The van der Waals surface area contributed by atoms with Crippen molar-refractivity contribution >= 4 is 23.9 Å². The van der Waals surface area contributed by atoms with Crippen molar-refractivity contribution in [2.45, 2.75) is 169 Å². The van der Waals surface area contributed by atoms with E-state index in [9.17, 15) is 19.2 Å². The number of hydrogen-bond donors (Lipinski definition) is 0. The molecule has 0 aliphatic rings.